The molecule has 0 aromatic carbocycles. The highest BCUT2D eigenvalue weighted by atomic mass is 32.2. The van der Waals surface area contributed by atoms with E-state index in [0.29, 0.717) is 0 Å². The Balaban J connectivity index is 2.68. The van der Waals surface area contributed by atoms with E-state index in [1.54, 1.807) is 0 Å². The van der Waals surface area contributed by atoms with Crippen LogP contribution < -0.4 is 4.72 Å². The summed E-state index contributed by atoms with van der Waals surface area (Å²) in [6.45, 7) is 0. The highest BCUT2D eigenvalue weighted by Crippen LogP contribution is 2.04. The third kappa shape index (κ3) is 1.46. The van der Waals surface area contributed by atoms with Gasteiger partial charge in [0, 0.05) is 6.21 Å². The van der Waals surface area contributed by atoms with Gasteiger partial charge >= 0.3 is 5.97 Å². The third-order valence-corrected chi connectivity index (χ3v) is 1.28. The first-order valence-electron chi connectivity index (χ1n) is 2.19. The van der Waals surface area contributed by atoms with Crippen molar-refractivity contribution in [3.05, 3.63) is 11.8 Å². The number of rotatable bonds is 1. The van der Waals surface area contributed by atoms with E-state index >= 15 is 0 Å². The lowest BCUT2D eigenvalue weighted by atomic mass is 10.4. The van der Waals surface area contributed by atoms with Crippen LogP contribution in [0.5, 0.6) is 0 Å². The number of hydrogen-bond donors (Lipinski definition) is 2. The van der Waals surface area contributed by atoms with Crippen LogP contribution in [0, 0.1) is 0 Å². The van der Waals surface area contributed by atoms with E-state index < -0.39 is 5.97 Å². The zero-order valence-corrected chi connectivity index (χ0v) is 5.18. The minimum absolute atomic E-state index is 0.162. The van der Waals surface area contributed by atoms with E-state index in [9.17, 15) is 4.79 Å². The van der Waals surface area contributed by atoms with Crippen molar-refractivity contribution in [3.8, 4) is 0 Å². The quantitative estimate of drug-likeness (QED) is 0.516. The maximum absolute atomic E-state index is 10.1. The summed E-state index contributed by atoms with van der Waals surface area (Å²) in [5, 5.41) is 8.33. The molecule has 0 fully saturated rings. The van der Waals surface area contributed by atoms with E-state index in [-0.39, 0.29) is 5.70 Å². The van der Waals surface area contributed by atoms with Crippen molar-refractivity contribution >= 4 is 24.3 Å². The van der Waals surface area contributed by atoms with Crippen LogP contribution in [0.1, 0.15) is 0 Å². The van der Waals surface area contributed by atoms with Crippen molar-refractivity contribution in [2.45, 2.75) is 0 Å². The summed E-state index contributed by atoms with van der Waals surface area (Å²) in [6.07, 6.45) is 2.84. The summed E-state index contributed by atoms with van der Waals surface area (Å²) in [4.78, 5) is 10.1. The van der Waals surface area contributed by atoms with Crippen molar-refractivity contribution in [1.82, 2.24) is 4.72 Å². The van der Waals surface area contributed by atoms with Gasteiger partial charge in [0.2, 0.25) is 0 Å². The molecule has 0 bridgehead atoms. The predicted octanol–water partition coefficient (Wildman–Crippen LogP) is 0.192. The Hall–Kier alpha value is -0.970. The zero-order valence-electron chi connectivity index (χ0n) is 4.37. The van der Waals surface area contributed by atoms with Gasteiger partial charge in [0.15, 0.2) is 0 Å². The SMILES string of the molecule is O=C(O)C1=CC=NSN1. The van der Waals surface area contributed by atoms with E-state index in [4.69, 9.17) is 5.11 Å². The lowest BCUT2D eigenvalue weighted by molar-refractivity contribution is -0.132. The summed E-state index contributed by atoms with van der Waals surface area (Å²) >= 11 is 1.00. The second-order valence-corrected chi connectivity index (χ2v) is 1.93. The molecule has 5 heteroatoms. The fourth-order valence-corrected chi connectivity index (χ4v) is 0.788. The van der Waals surface area contributed by atoms with Crippen molar-refractivity contribution in [3.63, 3.8) is 0 Å². The first-order chi connectivity index (χ1) is 4.30. The minimum Gasteiger partial charge on any atom is -0.477 e. The summed E-state index contributed by atoms with van der Waals surface area (Å²) in [5.41, 5.74) is 0.162. The molecule has 0 aromatic heterocycles. The van der Waals surface area contributed by atoms with E-state index in [1.807, 2.05) is 0 Å². The van der Waals surface area contributed by atoms with Crippen LogP contribution in [0.4, 0.5) is 0 Å². The Morgan fingerprint density at radius 2 is 2.67 bits per heavy atom. The van der Waals surface area contributed by atoms with Crippen LogP contribution in [0.25, 0.3) is 0 Å². The Morgan fingerprint density at radius 1 is 1.89 bits per heavy atom. The Morgan fingerprint density at radius 3 is 3.00 bits per heavy atom. The first kappa shape index (κ1) is 6.15. The lowest BCUT2D eigenvalue weighted by Crippen LogP contribution is -2.14. The van der Waals surface area contributed by atoms with Crippen molar-refractivity contribution in [2.75, 3.05) is 0 Å². The fourth-order valence-electron chi connectivity index (χ4n) is 0.360. The van der Waals surface area contributed by atoms with E-state index in [1.165, 1.54) is 12.3 Å². The Labute approximate surface area is 55.9 Å². The highest BCUT2D eigenvalue weighted by Gasteiger charge is 2.06. The molecule has 0 saturated carbocycles. The van der Waals surface area contributed by atoms with Gasteiger partial charge in [-0.2, -0.15) is 0 Å². The van der Waals surface area contributed by atoms with Gasteiger partial charge in [0.25, 0.3) is 0 Å². The number of carboxylic acids is 1. The molecule has 0 atom stereocenters. The Bertz CT molecular complexity index is 187. The van der Waals surface area contributed by atoms with Gasteiger partial charge in [-0.05, 0) is 6.08 Å². The molecule has 1 aliphatic heterocycles. The molecule has 0 saturated heterocycles. The molecule has 1 heterocycles. The molecule has 0 aliphatic carbocycles. The zero-order chi connectivity index (χ0) is 6.69. The molecule has 9 heavy (non-hydrogen) atoms. The standard InChI is InChI=1S/C4H4N2O2S/c7-4(8)3-1-2-5-9-6-3/h1-2,6H,(H,7,8). The molecular weight excluding hydrogens is 140 g/mol. The van der Waals surface area contributed by atoms with Gasteiger partial charge in [-0.3, -0.25) is 0 Å². The smallest absolute Gasteiger partial charge is 0.352 e. The van der Waals surface area contributed by atoms with Gasteiger partial charge in [-0.15, -0.1) is 0 Å². The normalized spacial score (nSPS) is 16.2. The van der Waals surface area contributed by atoms with Crippen molar-refractivity contribution < 1.29 is 9.90 Å². The van der Waals surface area contributed by atoms with Crippen molar-refractivity contribution in [1.29, 1.82) is 0 Å². The van der Waals surface area contributed by atoms with Crippen LogP contribution in [-0.2, 0) is 4.79 Å². The second kappa shape index (κ2) is 2.54. The minimum atomic E-state index is -0.964. The number of aliphatic carboxylic acids is 1. The average molecular weight is 144 g/mol. The topological polar surface area (TPSA) is 61.7 Å². The fraction of sp³-hybridized carbons (Fsp3) is 0. The molecule has 1 aliphatic rings. The largest absolute Gasteiger partial charge is 0.477 e. The molecule has 0 radical (unpaired) electrons. The van der Waals surface area contributed by atoms with Gasteiger partial charge in [-0.25, -0.2) is 9.19 Å². The van der Waals surface area contributed by atoms with Gasteiger partial charge in [0.1, 0.15) is 5.70 Å². The number of allylic oxidation sites excluding steroid dienone is 1. The summed E-state index contributed by atoms with van der Waals surface area (Å²) in [5.74, 6) is -0.964. The van der Waals surface area contributed by atoms with Gasteiger partial charge in [0.05, 0.1) is 12.1 Å². The number of nitrogens with zero attached hydrogens (tertiary/aromatic N) is 1. The molecule has 0 unspecified atom stereocenters. The van der Waals surface area contributed by atoms with Gasteiger partial charge < -0.3 is 9.83 Å². The molecule has 0 spiro atoms. The molecular formula is C4H4N2O2S. The molecule has 2 N–H and O–H groups in total. The number of nitrogens with one attached hydrogen (secondary N) is 1. The van der Waals surface area contributed by atoms with E-state index in [0.717, 1.165) is 12.1 Å². The third-order valence-electron chi connectivity index (χ3n) is 0.741. The van der Waals surface area contributed by atoms with Crippen LogP contribution in [0.3, 0.4) is 0 Å². The summed E-state index contributed by atoms with van der Waals surface area (Å²) in [7, 11) is 0. The van der Waals surface area contributed by atoms with Crippen molar-refractivity contribution in [2.24, 2.45) is 4.40 Å². The lowest BCUT2D eigenvalue weighted by Gasteiger charge is -2.02. The number of hydrogen-bond acceptors (Lipinski definition) is 4. The second-order valence-electron chi connectivity index (χ2n) is 1.33. The first-order valence-corrected chi connectivity index (χ1v) is 2.97. The predicted molar refractivity (Wildman–Crippen MR) is 34.9 cm³/mol. The number of carboxylic acid groups (broad SMARTS) is 1. The molecule has 0 aromatic rings. The van der Waals surface area contributed by atoms with Gasteiger partial charge in [-0.1, -0.05) is 0 Å². The molecule has 48 valence electrons. The number of carbonyl (C=O) groups is 1. The van der Waals surface area contributed by atoms with Crippen LogP contribution in [0.15, 0.2) is 16.2 Å². The van der Waals surface area contributed by atoms with Crippen LogP contribution in [0.2, 0.25) is 0 Å². The van der Waals surface area contributed by atoms with E-state index in [2.05, 4.69) is 9.12 Å². The molecule has 4 nitrogen and oxygen atoms in total. The average Bonchev–Trinajstić information content (AvgIpc) is 1.90. The van der Waals surface area contributed by atoms with Crippen LogP contribution >= 0.6 is 12.1 Å². The summed E-state index contributed by atoms with van der Waals surface area (Å²) < 4.78 is 6.15. The monoisotopic (exact) mass is 144 g/mol. The maximum atomic E-state index is 10.1. The summed E-state index contributed by atoms with van der Waals surface area (Å²) in [6, 6.07) is 0. The maximum Gasteiger partial charge on any atom is 0.352 e. The Kier molecular flexibility index (Phi) is 1.74. The van der Waals surface area contributed by atoms with Crippen LogP contribution in [-0.4, -0.2) is 17.3 Å². The molecule has 1 rings (SSSR count). The highest BCUT2D eigenvalue weighted by molar-refractivity contribution is 7.96. The molecule has 0 amide bonds.